The molecule has 36 heavy (non-hydrogen) atoms. The zero-order chi connectivity index (χ0) is 24.9. The normalized spacial score (nSPS) is 18.6. The lowest BCUT2D eigenvalue weighted by atomic mass is 9.99. The molecule has 7 nitrogen and oxygen atoms in total. The number of carbonyl (C=O) groups excluding carboxylic acids is 2. The van der Waals surface area contributed by atoms with Crippen LogP contribution in [0.1, 0.15) is 45.9 Å². The molecule has 3 aromatic carbocycles. The molecule has 0 aliphatic carbocycles. The van der Waals surface area contributed by atoms with E-state index < -0.39 is 5.92 Å². The number of morpholine rings is 1. The van der Waals surface area contributed by atoms with Crippen molar-refractivity contribution in [2.45, 2.75) is 25.4 Å². The maximum Gasteiger partial charge on any atom is 0.251 e. The second-order valence-corrected chi connectivity index (χ2v) is 9.21. The molecule has 0 spiro atoms. The summed E-state index contributed by atoms with van der Waals surface area (Å²) in [5.41, 5.74) is 4.99. The van der Waals surface area contributed by atoms with Crippen LogP contribution < -0.4 is 10.6 Å². The zero-order valence-electron chi connectivity index (χ0n) is 20.3. The molecular formula is C29H30N4O3. The first-order valence-electron chi connectivity index (χ1n) is 12.3. The van der Waals surface area contributed by atoms with Crippen LogP contribution in [0.2, 0.25) is 0 Å². The van der Waals surface area contributed by atoms with E-state index >= 15 is 0 Å². The van der Waals surface area contributed by atoms with E-state index in [9.17, 15) is 9.59 Å². The van der Waals surface area contributed by atoms with Gasteiger partial charge in [0.15, 0.2) is 0 Å². The number of carbonyl (C=O) groups is 2. The van der Waals surface area contributed by atoms with Gasteiger partial charge in [0.2, 0.25) is 5.91 Å². The topological polar surface area (TPSA) is 83.0 Å². The Morgan fingerprint density at radius 2 is 1.92 bits per heavy atom. The first kappa shape index (κ1) is 23.9. The molecule has 2 atom stereocenters. The maximum absolute atomic E-state index is 12.9. The number of nitrogens with zero attached hydrogens (tertiary/aromatic N) is 2. The third-order valence-corrected chi connectivity index (χ3v) is 6.63. The number of ether oxygens (including phenoxy) is 1. The van der Waals surface area contributed by atoms with Crippen LogP contribution in [0.4, 0.5) is 11.4 Å². The monoisotopic (exact) mass is 482 g/mol. The number of anilines is 1. The van der Waals surface area contributed by atoms with Crippen LogP contribution in [0.3, 0.4) is 0 Å². The van der Waals surface area contributed by atoms with Gasteiger partial charge in [0.1, 0.15) is 5.92 Å². The predicted molar refractivity (Wildman–Crippen MR) is 141 cm³/mol. The van der Waals surface area contributed by atoms with Crippen molar-refractivity contribution in [2.75, 3.05) is 31.6 Å². The van der Waals surface area contributed by atoms with Gasteiger partial charge in [-0.15, -0.1) is 0 Å². The zero-order valence-corrected chi connectivity index (χ0v) is 20.3. The van der Waals surface area contributed by atoms with Crippen LogP contribution in [0.25, 0.3) is 0 Å². The highest BCUT2D eigenvalue weighted by Gasteiger charge is 2.30. The molecule has 0 bridgehead atoms. The fraction of sp³-hybridized carbons (Fsp3) is 0.276. The molecule has 1 fully saturated rings. The number of amides is 2. The molecule has 7 heteroatoms. The quantitative estimate of drug-likeness (QED) is 0.488. The fourth-order valence-electron chi connectivity index (χ4n) is 4.59. The highest BCUT2D eigenvalue weighted by Crippen LogP contribution is 2.33. The lowest BCUT2D eigenvalue weighted by molar-refractivity contribution is -0.115. The van der Waals surface area contributed by atoms with Crippen molar-refractivity contribution in [3.63, 3.8) is 0 Å². The fourth-order valence-corrected chi connectivity index (χ4v) is 4.59. The van der Waals surface area contributed by atoms with Crippen LogP contribution >= 0.6 is 0 Å². The Hall–Kier alpha value is -3.81. The van der Waals surface area contributed by atoms with Crippen molar-refractivity contribution in [3.8, 4) is 0 Å². The van der Waals surface area contributed by atoms with E-state index in [0.717, 1.165) is 49.7 Å². The largest absolute Gasteiger partial charge is 0.379 e. The van der Waals surface area contributed by atoms with Gasteiger partial charge in [0.25, 0.3) is 5.91 Å². The van der Waals surface area contributed by atoms with Crippen LogP contribution in [-0.4, -0.2) is 49.2 Å². The molecule has 0 aromatic heterocycles. The lowest BCUT2D eigenvalue weighted by Crippen LogP contribution is -2.35. The number of fused-ring (bicyclic) bond motifs is 1. The van der Waals surface area contributed by atoms with Crippen LogP contribution in [-0.2, 0) is 16.1 Å². The second-order valence-electron chi connectivity index (χ2n) is 9.21. The average molecular weight is 483 g/mol. The van der Waals surface area contributed by atoms with Gasteiger partial charge in [-0.1, -0.05) is 42.5 Å². The Labute approximate surface area is 211 Å². The number of aliphatic imine (C=N–C) groups is 1. The smallest absolute Gasteiger partial charge is 0.251 e. The first-order chi connectivity index (χ1) is 17.6. The van der Waals surface area contributed by atoms with Crippen molar-refractivity contribution in [2.24, 2.45) is 4.99 Å². The van der Waals surface area contributed by atoms with Gasteiger partial charge in [-0.05, 0) is 53.9 Å². The molecule has 5 rings (SSSR count). The molecule has 2 aliphatic rings. The molecule has 2 amide bonds. The molecule has 1 unspecified atom stereocenters. The van der Waals surface area contributed by atoms with Crippen LogP contribution in [0.15, 0.2) is 77.8 Å². The summed E-state index contributed by atoms with van der Waals surface area (Å²) in [7, 11) is 0. The molecule has 3 aromatic rings. The van der Waals surface area contributed by atoms with E-state index in [0.29, 0.717) is 11.3 Å². The Balaban J connectivity index is 1.29. The molecule has 0 radical (unpaired) electrons. The number of benzene rings is 3. The number of hydrogen-bond acceptors (Lipinski definition) is 5. The van der Waals surface area contributed by atoms with Crippen molar-refractivity contribution >= 4 is 29.4 Å². The number of rotatable bonds is 7. The minimum Gasteiger partial charge on any atom is -0.379 e. The van der Waals surface area contributed by atoms with E-state index in [1.54, 1.807) is 24.4 Å². The Kier molecular flexibility index (Phi) is 7.21. The van der Waals surface area contributed by atoms with Crippen molar-refractivity contribution in [3.05, 3.63) is 95.1 Å². The van der Waals surface area contributed by atoms with Crippen molar-refractivity contribution < 1.29 is 14.3 Å². The minimum absolute atomic E-state index is 0.131. The van der Waals surface area contributed by atoms with Gasteiger partial charge in [-0.3, -0.25) is 19.5 Å². The summed E-state index contributed by atoms with van der Waals surface area (Å²) in [4.78, 5) is 32.6. The summed E-state index contributed by atoms with van der Waals surface area (Å²) in [6.45, 7) is 6.17. The third kappa shape index (κ3) is 5.53. The lowest BCUT2D eigenvalue weighted by Gasteiger charge is -2.26. The second kappa shape index (κ2) is 10.8. The highest BCUT2D eigenvalue weighted by atomic mass is 16.5. The average Bonchev–Trinajstić information content (AvgIpc) is 3.22. The third-order valence-electron chi connectivity index (χ3n) is 6.63. The van der Waals surface area contributed by atoms with Crippen LogP contribution in [0, 0.1) is 0 Å². The Morgan fingerprint density at radius 1 is 1.11 bits per heavy atom. The van der Waals surface area contributed by atoms with Gasteiger partial charge < -0.3 is 15.4 Å². The molecule has 184 valence electrons. The molecule has 2 aliphatic heterocycles. The molecular weight excluding hydrogens is 452 g/mol. The number of hydrogen-bond donors (Lipinski definition) is 2. The van der Waals surface area contributed by atoms with Gasteiger partial charge >= 0.3 is 0 Å². The van der Waals surface area contributed by atoms with Gasteiger partial charge in [-0.25, -0.2) is 0 Å². The molecule has 1 saturated heterocycles. The minimum atomic E-state index is -0.554. The summed E-state index contributed by atoms with van der Waals surface area (Å²) in [5, 5.41) is 5.94. The summed E-state index contributed by atoms with van der Waals surface area (Å²) in [5.74, 6) is -0.879. The summed E-state index contributed by atoms with van der Waals surface area (Å²) < 4.78 is 5.43. The molecule has 0 saturated carbocycles. The Morgan fingerprint density at radius 3 is 2.72 bits per heavy atom. The van der Waals surface area contributed by atoms with Crippen molar-refractivity contribution in [1.82, 2.24) is 10.2 Å². The standard InChI is InChI=1S/C29H30N4O3/c1-20(22-7-3-2-4-8-22)31-28(34)23-10-11-27-25(17-23)26(29(35)32-27)18-30-24-9-5-6-21(16-24)19-33-12-14-36-15-13-33/h2-11,16-18,20,26H,12-15,19H2,1H3,(H,31,34)(H,32,35)/t20-,26?/m1/s1. The van der Waals surface area contributed by atoms with Gasteiger partial charge in [-0.2, -0.15) is 0 Å². The van der Waals surface area contributed by atoms with Gasteiger partial charge in [0.05, 0.1) is 24.9 Å². The Bertz CT molecular complexity index is 1270. The van der Waals surface area contributed by atoms with E-state index in [1.165, 1.54) is 5.56 Å². The first-order valence-corrected chi connectivity index (χ1v) is 12.3. The predicted octanol–water partition coefficient (Wildman–Crippen LogP) is 4.45. The summed E-state index contributed by atoms with van der Waals surface area (Å²) in [6, 6.07) is 23.1. The van der Waals surface area contributed by atoms with E-state index in [-0.39, 0.29) is 17.9 Å². The van der Waals surface area contributed by atoms with Crippen molar-refractivity contribution in [1.29, 1.82) is 0 Å². The highest BCUT2D eigenvalue weighted by molar-refractivity contribution is 6.13. The molecule has 2 heterocycles. The summed E-state index contributed by atoms with van der Waals surface area (Å²) in [6.07, 6.45) is 1.67. The summed E-state index contributed by atoms with van der Waals surface area (Å²) >= 11 is 0. The van der Waals surface area contributed by atoms with E-state index in [2.05, 4.69) is 32.7 Å². The molecule has 2 N–H and O–H groups in total. The number of nitrogens with one attached hydrogen (secondary N) is 2. The SMILES string of the molecule is C[C@@H](NC(=O)c1ccc2c(c1)C(C=Nc1cccc(CN3CCOCC3)c1)C(=O)N2)c1ccccc1. The maximum atomic E-state index is 12.9. The van der Waals surface area contributed by atoms with E-state index in [1.807, 2.05) is 49.4 Å². The van der Waals surface area contributed by atoms with Crippen LogP contribution in [0.5, 0.6) is 0 Å². The van der Waals surface area contributed by atoms with E-state index in [4.69, 9.17) is 4.74 Å². The van der Waals surface area contributed by atoms with Gasteiger partial charge in [0, 0.05) is 37.1 Å².